The second-order valence-electron chi connectivity index (χ2n) is 4.94. The molecule has 1 fully saturated rings. The van der Waals surface area contributed by atoms with Gasteiger partial charge in [0.25, 0.3) is 0 Å². The van der Waals surface area contributed by atoms with E-state index in [1.807, 2.05) is 30.3 Å². The Kier molecular flexibility index (Phi) is 4.33. The Balaban J connectivity index is 1.88. The van der Waals surface area contributed by atoms with Crippen molar-refractivity contribution < 1.29 is 9.90 Å². The number of benzene rings is 1. The maximum atomic E-state index is 10.8. The van der Waals surface area contributed by atoms with Crippen molar-refractivity contribution in [1.29, 1.82) is 0 Å². The number of amides is 1. The van der Waals surface area contributed by atoms with Crippen molar-refractivity contribution in [2.75, 3.05) is 19.6 Å². The highest BCUT2D eigenvalue weighted by Crippen LogP contribution is 2.30. The van der Waals surface area contributed by atoms with Crippen LogP contribution in [0, 0.1) is 5.92 Å². The van der Waals surface area contributed by atoms with Gasteiger partial charge >= 0.3 is 0 Å². The lowest BCUT2D eigenvalue weighted by Gasteiger charge is -2.33. The van der Waals surface area contributed by atoms with Gasteiger partial charge in [0.15, 0.2) is 0 Å². The lowest BCUT2D eigenvalue weighted by molar-refractivity contribution is -0.119. The van der Waals surface area contributed by atoms with E-state index >= 15 is 0 Å². The fraction of sp³-hybridized carbons (Fsp3) is 0.500. The van der Waals surface area contributed by atoms with Gasteiger partial charge in [0, 0.05) is 0 Å². The summed E-state index contributed by atoms with van der Waals surface area (Å²) < 4.78 is 0. The molecular weight excluding hydrogens is 228 g/mol. The first-order valence-corrected chi connectivity index (χ1v) is 6.40. The minimum atomic E-state index is -0.401. The van der Waals surface area contributed by atoms with Gasteiger partial charge in [0.05, 0.1) is 12.6 Å². The molecule has 1 heterocycles. The summed E-state index contributed by atoms with van der Waals surface area (Å²) in [6.07, 6.45) is 1.41. The minimum Gasteiger partial charge on any atom is -0.388 e. The zero-order valence-corrected chi connectivity index (χ0v) is 10.5. The number of likely N-dealkylation sites (tertiary alicyclic amines) is 1. The summed E-state index contributed by atoms with van der Waals surface area (Å²) >= 11 is 0. The van der Waals surface area contributed by atoms with Crippen LogP contribution < -0.4 is 5.73 Å². The van der Waals surface area contributed by atoms with Gasteiger partial charge in [-0.1, -0.05) is 30.3 Å². The van der Waals surface area contributed by atoms with Crippen LogP contribution in [0.15, 0.2) is 30.3 Å². The number of carbonyl (C=O) groups excluding carboxylic acids is 1. The Bertz CT molecular complexity index is 386. The largest absolute Gasteiger partial charge is 0.388 e. The molecule has 98 valence electrons. The van der Waals surface area contributed by atoms with Gasteiger partial charge in [0.1, 0.15) is 0 Å². The molecule has 18 heavy (non-hydrogen) atoms. The highest BCUT2D eigenvalue weighted by atomic mass is 16.3. The second-order valence-corrected chi connectivity index (χ2v) is 4.94. The number of hydrogen-bond acceptors (Lipinski definition) is 3. The average Bonchev–Trinajstić information content (AvgIpc) is 2.39. The third kappa shape index (κ3) is 3.31. The van der Waals surface area contributed by atoms with Crippen LogP contribution in [0.4, 0.5) is 0 Å². The molecule has 1 atom stereocenters. The highest BCUT2D eigenvalue weighted by Gasteiger charge is 2.26. The Labute approximate surface area is 107 Å². The van der Waals surface area contributed by atoms with Crippen molar-refractivity contribution in [3.05, 3.63) is 35.9 Å². The van der Waals surface area contributed by atoms with Crippen molar-refractivity contribution in [3.63, 3.8) is 0 Å². The molecule has 4 heteroatoms. The molecular formula is C14H20N2O2. The van der Waals surface area contributed by atoms with Crippen molar-refractivity contribution in [2.24, 2.45) is 11.7 Å². The number of primary amides is 1. The molecule has 0 radical (unpaired) electrons. The summed E-state index contributed by atoms with van der Waals surface area (Å²) in [7, 11) is 0. The third-order valence-electron chi connectivity index (χ3n) is 3.60. The topological polar surface area (TPSA) is 66.6 Å². The Morgan fingerprint density at radius 3 is 2.50 bits per heavy atom. The number of piperidine rings is 1. The number of carbonyl (C=O) groups is 1. The zero-order valence-electron chi connectivity index (χ0n) is 10.5. The van der Waals surface area contributed by atoms with Crippen molar-refractivity contribution in [1.82, 2.24) is 4.90 Å². The van der Waals surface area contributed by atoms with Crippen LogP contribution in [0.25, 0.3) is 0 Å². The smallest absolute Gasteiger partial charge is 0.231 e. The third-order valence-corrected chi connectivity index (χ3v) is 3.60. The van der Waals surface area contributed by atoms with E-state index in [0.717, 1.165) is 31.5 Å². The van der Waals surface area contributed by atoms with Gasteiger partial charge in [0.2, 0.25) is 5.91 Å². The summed E-state index contributed by atoms with van der Waals surface area (Å²) in [4.78, 5) is 12.9. The Hall–Kier alpha value is -1.39. The van der Waals surface area contributed by atoms with Crippen LogP contribution in [0.5, 0.6) is 0 Å². The van der Waals surface area contributed by atoms with Crippen LogP contribution in [-0.4, -0.2) is 35.5 Å². The molecule has 0 unspecified atom stereocenters. The molecule has 1 amide bonds. The van der Waals surface area contributed by atoms with E-state index < -0.39 is 6.10 Å². The first-order chi connectivity index (χ1) is 8.66. The number of rotatable bonds is 4. The maximum absolute atomic E-state index is 10.8. The van der Waals surface area contributed by atoms with Crippen molar-refractivity contribution in [3.8, 4) is 0 Å². The zero-order chi connectivity index (χ0) is 13.0. The van der Waals surface area contributed by atoms with E-state index in [1.165, 1.54) is 0 Å². The second kappa shape index (κ2) is 5.98. The predicted octanol–water partition coefficient (Wildman–Crippen LogP) is 0.917. The summed E-state index contributed by atoms with van der Waals surface area (Å²) in [5.41, 5.74) is 6.16. The monoisotopic (exact) mass is 248 g/mol. The fourth-order valence-corrected chi connectivity index (χ4v) is 2.57. The van der Waals surface area contributed by atoms with Gasteiger partial charge in [-0.3, -0.25) is 9.69 Å². The van der Waals surface area contributed by atoms with Crippen LogP contribution in [0.3, 0.4) is 0 Å². The molecule has 0 aliphatic carbocycles. The summed E-state index contributed by atoms with van der Waals surface area (Å²) in [6.45, 7) is 1.99. The van der Waals surface area contributed by atoms with Gasteiger partial charge in [-0.25, -0.2) is 0 Å². The highest BCUT2D eigenvalue weighted by molar-refractivity contribution is 5.75. The van der Waals surface area contributed by atoms with Crippen molar-refractivity contribution in [2.45, 2.75) is 18.9 Å². The summed E-state index contributed by atoms with van der Waals surface area (Å²) in [6, 6.07) is 9.76. The van der Waals surface area contributed by atoms with Crippen LogP contribution in [0.1, 0.15) is 24.5 Å². The molecule has 0 saturated carbocycles. The van der Waals surface area contributed by atoms with Crippen molar-refractivity contribution >= 4 is 5.91 Å². The van der Waals surface area contributed by atoms with Crippen LogP contribution in [0.2, 0.25) is 0 Å². The maximum Gasteiger partial charge on any atom is 0.231 e. The lowest BCUT2D eigenvalue weighted by Crippen LogP contribution is -2.40. The Morgan fingerprint density at radius 2 is 1.94 bits per heavy atom. The van der Waals surface area contributed by atoms with Gasteiger partial charge in [-0.15, -0.1) is 0 Å². The molecule has 0 bridgehead atoms. The molecule has 1 aromatic carbocycles. The normalized spacial score (nSPS) is 19.6. The number of aliphatic hydroxyl groups is 1. The van der Waals surface area contributed by atoms with E-state index in [-0.39, 0.29) is 11.8 Å². The number of hydrogen-bond donors (Lipinski definition) is 2. The number of nitrogens with zero attached hydrogens (tertiary/aromatic N) is 1. The van der Waals surface area contributed by atoms with Crippen LogP contribution in [-0.2, 0) is 4.79 Å². The predicted molar refractivity (Wildman–Crippen MR) is 69.8 cm³/mol. The molecule has 1 aliphatic rings. The average molecular weight is 248 g/mol. The van der Waals surface area contributed by atoms with E-state index in [4.69, 9.17) is 5.73 Å². The van der Waals surface area contributed by atoms with E-state index in [0.29, 0.717) is 6.54 Å². The molecule has 1 aliphatic heterocycles. The minimum absolute atomic E-state index is 0.275. The van der Waals surface area contributed by atoms with Gasteiger partial charge in [-0.2, -0.15) is 0 Å². The standard InChI is InChI=1S/C14H20N2O2/c15-13(17)10-16-8-6-12(7-9-16)14(18)11-4-2-1-3-5-11/h1-5,12,14,18H,6-10H2,(H2,15,17)/t14-/m1/s1. The van der Waals surface area contributed by atoms with E-state index in [1.54, 1.807) is 0 Å². The molecule has 1 aromatic rings. The molecule has 2 rings (SSSR count). The van der Waals surface area contributed by atoms with Crippen LogP contribution >= 0.6 is 0 Å². The molecule has 0 spiro atoms. The summed E-state index contributed by atoms with van der Waals surface area (Å²) in [5.74, 6) is -0.00594. The van der Waals surface area contributed by atoms with E-state index in [2.05, 4.69) is 4.90 Å². The van der Waals surface area contributed by atoms with Gasteiger partial charge < -0.3 is 10.8 Å². The first kappa shape index (κ1) is 13.1. The Morgan fingerprint density at radius 1 is 1.33 bits per heavy atom. The fourth-order valence-electron chi connectivity index (χ4n) is 2.57. The van der Waals surface area contributed by atoms with E-state index in [9.17, 15) is 9.90 Å². The number of aliphatic hydroxyl groups excluding tert-OH is 1. The SMILES string of the molecule is NC(=O)CN1CCC([C@H](O)c2ccccc2)CC1. The quantitative estimate of drug-likeness (QED) is 0.832. The number of nitrogens with two attached hydrogens (primary N) is 1. The molecule has 4 nitrogen and oxygen atoms in total. The summed E-state index contributed by atoms with van der Waals surface area (Å²) in [5, 5.41) is 10.3. The van der Waals surface area contributed by atoms with Gasteiger partial charge in [-0.05, 0) is 37.4 Å². The first-order valence-electron chi connectivity index (χ1n) is 6.40. The lowest BCUT2D eigenvalue weighted by atomic mass is 9.87. The molecule has 0 aromatic heterocycles. The molecule has 3 N–H and O–H groups in total. The molecule has 1 saturated heterocycles.